The van der Waals surface area contributed by atoms with E-state index in [2.05, 4.69) is 28.2 Å². The second-order valence-corrected chi connectivity index (χ2v) is 6.80. The molecule has 0 unspecified atom stereocenters. The monoisotopic (exact) mass is 399 g/mol. The topological polar surface area (TPSA) is 59.3 Å². The number of halogens is 1. The Balaban J connectivity index is 1.82. The van der Waals surface area contributed by atoms with E-state index in [9.17, 15) is 9.59 Å². The molecule has 0 bridgehead atoms. The lowest BCUT2D eigenvalue weighted by Crippen LogP contribution is -2.20. The van der Waals surface area contributed by atoms with E-state index in [4.69, 9.17) is 4.42 Å². The van der Waals surface area contributed by atoms with Crippen molar-refractivity contribution in [2.45, 2.75) is 26.2 Å². The first-order chi connectivity index (χ1) is 12.1. The average Bonchev–Trinajstić information content (AvgIpc) is 2.61. The third-order valence-corrected chi connectivity index (χ3v) is 4.46. The molecule has 0 radical (unpaired) electrons. The zero-order valence-electron chi connectivity index (χ0n) is 13.8. The van der Waals surface area contributed by atoms with Crippen molar-refractivity contribution in [1.82, 2.24) is 0 Å². The van der Waals surface area contributed by atoms with E-state index in [0.717, 1.165) is 23.7 Å². The fraction of sp³-hybridized carbons (Fsp3) is 0.200. The number of fused-ring (bicyclic) bond motifs is 1. The maximum atomic E-state index is 12.4. The number of aryl methyl sites for hydroxylation is 1. The van der Waals surface area contributed by atoms with E-state index in [0.29, 0.717) is 16.7 Å². The molecule has 1 amide bonds. The van der Waals surface area contributed by atoms with Gasteiger partial charge in [-0.1, -0.05) is 41.4 Å². The molecule has 0 saturated carbocycles. The Bertz CT molecular complexity index is 961. The van der Waals surface area contributed by atoms with Crippen LogP contribution in [-0.2, 0) is 6.42 Å². The van der Waals surface area contributed by atoms with Crippen molar-refractivity contribution < 1.29 is 9.21 Å². The average molecular weight is 400 g/mol. The molecule has 0 aliphatic carbocycles. The van der Waals surface area contributed by atoms with Gasteiger partial charge in [-0.05, 0) is 54.8 Å². The first kappa shape index (κ1) is 17.4. The van der Waals surface area contributed by atoms with Crippen LogP contribution >= 0.6 is 15.9 Å². The maximum absolute atomic E-state index is 12.4. The number of benzene rings is 2. The normalized spacial score (nSPS) is 10.8. The van der Waals surface area contributed by atoms with Crippen LogP contribution in [0.2, 0.25) is 0 Å². The highest BCUT2D eigenvalue weighted by atomic mass is 79.9. The Morgan fingerprint density at radius 2 is 1.88 bits per heavy atom. The Morgan fingerprint density at radius 1 is 1.12 bits per heavy atom. The molecule has 2 aromatic carbocycles. The van der Waals surface area contributed by atoms with Crippen LogP contribution in [-0.4, -0.2) is 5.91 Å². The smallest absolute Gasteiger partial charge is 0.349 e. The predicted molar refractivity (Wildman–Crippen MR) is 103 cm³/mol. The van der Waals surface area contributed by atoms with Gasteiger partial charge in [0.05, 0.1) is 0 Å². The van der Waals surface area contributed by atoms with Crippen molar-refractivity contribution >= 4 is 38.5 Å². The van der Waals surface area contributed by atoms with Gasteiger partial charge >= 0.3 is 5.63 Å². The number of unbranched alkanes of at least 4 members (excludes halogenated alkanes) is 1. The molecule has 3 aromatic rings. The summed E-state index contributed by atoms with van der Waals surface area (Å²) in [6.07, 6.45) is 3.31. The van der Waals surface area contributed by atoms with Gasteiger partial charge in [-0.3, -0.25) is 4.79 Å². The Labute approximate surface area is 154 Å². The number of hydrogen-bond acceptors (Lipinski definition) is 3. The lowest BCUT2D eigenvalue weighted by Gasteiger charge is -2.07. The Kier molecular flexibility index (Phi) is 5.34. The maximum Gasteiger partial charge on any atom is 0.349 e. The molecular weight excluding hydrogens is 382 g/mol. The number of nitrogens with one attached hydrogen (secondary N) is 1. The summed E-state index contributed by atoms with van der Waals surface area (Å²) < 4.78 is 6.08. The number of amides is 1. The van der Waals surface area contributed by atoms with Crippen LogP contribution in [0.4, 0.5) is 5.69 Å². The van der Waals surface area contributed by atoms with Gasteiger partial charge in [0.1, 0.15) is 11.1 Å². The summed E-state index contributed by atoms with van der Waals surface area (Å²) in [6.45, 7) is 2.16. The van der Waals surface area contributed by atoms with Crippen molar-refractivity contribution in [3.05, 3.63) is 74.6 Å². The van der Waals surface area contributed by atoms with Gasteiger partial charge in [-0.15, -0.1) is 0 Å². The van der Waals surface area contributed by atoms with Crippen molar-refractivity contribution in [1.29, 1.82) is 0 Å². The molecule has 1 heterocycles. The van der Waals surface area contributed by atoms with Crippen LogP contribution in [0.5, 0.6) is 0 Å². The molecule has 0 aliphatic rings. The van der Waals surface area contributed by atoms with Crippen molar-refractivity contribution in [3.63, 3.8) is 0 Å². The number of carbonyl (C=O) groups excluding carboxylic acids is 1. The Morgan fingerprint density at radius 3 is 2.60 bits per heavy atom. The van der Waals surface area contributed by atoms with Crippen molar-refractivity contribution in [2.75, 3.05) is 5.32 Å². The Hall–Kier alpha value is -2.40. The van der Waals surface area contributed by atoms with Crippen LogP contribution in [0.3, 0.4) is 0 Å². The predicted octanol–water partition coefficient (Wildman–Crippen LogP) is 5.15. The van der Waals surface area contributed by atoms with Gasteiger partial charge in [0, 0.05) is 15.5 Å². The molecule has 5 heteroatoms. The molecule has 128 valence electrons. The summed E-state index contributed by atoms with van der Waals surface area (Å²) in [6, 6.07) is 14.5. The van der Waals surface area contributed by atoms with Gasteiger partial charge in [0.15, 0.2) is 0 Å². The molecule has 0 fully saturated rings. The number of carbonyl (C=O) groups is 1. The molecular formula is C20H18BrNO3. The summed E-state index contributed by atoms with van der Waals surface area (Å²) in [7, 11) is 0. The minimum absolute atomic E-state index is 0.0133. The first-order valence-electron chi connectivity index (χ1n) is 8.20. The number of hydrogen-bond donors (Lipinski definition) is 1. The van der Waals surface area contributed by atoms with Gasteiger partial charge < -0.3 is 9.73 Å². The van der Waals surface area contributed by atoms with Crippen LogP contribution in [0.25, 0.3) is 11.0 Å². The second-order valence-electron chi connectivity index (χ2n) is 5.88. The first-order valence-corrected chi connectivity index (χ1v) is 9.00. The van der Waals surface area contributed by atoms with Gasteiger partial charge in [-0.25, -0.2) is 4.79 Å². The molecule has 0 aliphatic heterocycles. The third kappa shape index (κ3) is 4.17. The zero-order valence-corrected chi connectivity index (χ0v) is 15.4. The van der Waals surface area contributed by atoms with E-state index in [1.807, 2.05) is 24.3 Å². The molecule has 25 heavy (non-hydrogen) atoms. The van der Waals surface area contributed by atoms with Crippen LogP contribution in [0.1, 0.15) is 35.7 Å². The highest BCUT2D eigenvalue weighted by Crippen LogP contribution is 2.20. The number of anilines is 1. The van der Waals surface area contributed by atoms with Crippen LogP contribution in [0.15, 0.2) is 62.2 Å². The summed E-state index contributed by atoms with van der Waals surface area (Å²) in [4.78, 5) is 24.5. The number of rotatable bonds is 5. The van der Waals surface area contributed by atoms with Crippen LogP contribution in [0, 0.1) is 0 Å². The molecule has 0 saturated heterocycles. The van der Waals surface area contributed by atoms with E-state index >= 15 is 0 Å². The lowest BCUT2D eigenvalue weighted by atomic mass is 10.1. The van der Waals surface area contributed by atoms with E-state index in [1.165, 1.54) is 5.56 Å². The van der Waals surface area contributed by atoms with E-state index < -0.39 is 11.5 Å². The fourth-order valence-corrected chi connectivity index (χ4v) is 2.97. The molecule has 4 nitrogen and oxygen atoms in total. The van der Waals surface area contributed by atoms with Crippen molar-refractivity contribution in [2.24, 2.45) is 0 Å². The zero-order chi connectivity index (χ0) is 17.8. The second kappa shape index (κ2) is 7.66. The van der Waals surface area contributed by atoms with Gasteiger partial charge in [0.25, 0.3) is 5.91 Å². The molecule has 1 aromatic heterocycles. The minimum atomic E-state index is -0.646. The highest BCUT2D eigenvalue weighted by Gasteiger charge is 2.14. The SMILES string of the molecule is CCCCc1ccc(NC(=O)c2cc3cc(Br)ccc3oc2=O)cc1. The summed E-state index contributed by atoms with van der Waals surface area (Å²) >= 11 is 3.37. The lowest BCUT2D eigenvalue weighted by molar-refractivity contribution is 0.102. The third-order valence-electron chi connectivity index (χ3n) is 3.97. The molecule has 0 atom stereocenters. The minimum Gasteiger partial charge on any atom is -0.422 e. The molecule has 1 N–H and O–H groups in total. The quantitative estimate of drug-likeness (QED) is 0.603. The largest absolute Gasteiger partial charge is 0.422 e. The summed E-state index contributed by atoms with van der Waals surface area (Å²) in [5, 5.41) is 3.44. The van der Waals surface area contributed by atoms with E-state index in [1.54, 1.807) is 24.3 Å². The fourth-order valence-electron chi connectivity index (χ4n) is 2.59. The highest BCUT2D eigenvalue weighted by molar-refractivity contribution is 9.10. The summed E-state index contributed by atoms with van der Waals surface area (Å²) in [5.74, 6) is -0.475. The summed E-state index contributed by atoms with van der Waals surface area (Å²) in [5.41, 5.74) is 1.67. The standard InChI is InChI=1S/C20H18BrNO3/c1-2-3-4-13-5-8-16(9-6-13)22-19(23)17-12-14-11-15(21)7-10-18(14)25-20(17)24/h5-12H,2-4H2,1H3,(H,22,23). The van der Waals surface area contributed by atoms with Crippen molar-refractivity contribution in [3.8, 4) is 0 Å². The van der Waals surface area contributed by atoms with Gasteiger partial charge in [-0.2, -0.15) is 0 Å². The molecule has 0 spiro atoms. The molecule has 3 rings (SSSR count). The van der Waals surface area contributed by atoms with Crippen LogP contribution < -0.4 is 10.9 Å². The van der Waals surface area contributed by atoms with Gasteiger partial charge in [0.2, 0.25) is 0 Å². The van der Waals surface area contributed by atoms with E-state index in [-0.39, 0.29) is 5.56 Å².